The molecule has 164 valence electrons. The van der Waals surface area contributed by atoms with Gasteiger partial charge in [0.15, 0.2) is 5.43 Å². The second-order valence-corrected chi connectivity index (χ2v) is 8.36. The normalized spacial score (nSPS) is 12.0. The molecule has 0 aliphatic rings. The Kier molecular flexibility index (Phi) is 6.28. The Bertz CT molecular complexity index is 1240. The highest BCUT2D eigenvalue weighted by Gasteiger charge is 2.18. The van der Waals surface area contributed by atoms with Gasteiger partial charge in [0, 0.05) is 18.8 Å². The molecule has 0 saturated heterocycles. The number of hydrogen-bond acceptors (Lipinski definition) is 5. The SMILES string of the molecule is CCCCN(CCCC)CCNc1ccc2nc(C)n3c4ccc(O)cc4c(=O)c1c23. The summed E-state index contributed by atoms with van der Waals surface area (Å²) in [7, 11) is 0. The number of rotatable bonds is 10. The number of anilines is 1. The van der Waals surface area contributed by atoms with Crippen LogP contribution in [0.5, 0.6) is 5.75 Å². The number of aryl methyl sites for hydroxylation is 1. The molecule has 0 fully saturated rings. The fourth-order valence-electron chi connectivity index (χ4n) is 4.44. The van der Waals surface area contributed by atoms with Gasteiger partial charge < -0.3 is 15.3 Å². The third-order valence-electron chi connectivity index (χ3n) is 6.08. The number of hydrogen-bond donors (Lipinski definition) is 2. The summed E-state index contributed by atoms with van der Waals surface area (Å²) in [5.74, 6) is 0.927. The minimum atomic E-state index is -0.0692. The van der Waals surface area contributed by atoms with Crippen molar-refractivity contribution >= 4 is 33.0 Å². The first kappa shape index (κ1) is 21.4. The molecule has 4 aromatic rings. The van der Waals surface area contributed by atoms with Crippen molar-refractivity contribution in [2.24, 2.45) is 0 Å². The Labute approximate surface area is 182 Å². The molecule has 0 atom stereocenters. The Morgan fingerprint density at radius 2 is 1.81 bits per heavy atom. The van der Waals surface area contributed by atoms with Crippen LogP contribution < -0.4 is 10.7 Å². The van der Waals surface area contributed by atoms with Crippen molar-refractivity contribution in [3.8, 4) is 5.75 Å². The van der Waals surface area contributed by atoms with Crippen LogP contribution in [0.15, 0.2) is 35.1 Å². The minimum Gasteiger partial charge on any atom is -0.508 e. The smallest absolute Gasteiger partial charge is 0.199 e. The molecule has 2 heterocycles. The Balaban J connectivity index is 1.71. The first-order valence-electron chi connectivity index (χ1n) is 11.4. The van der Waals surface area contributed by atoms with Crippen molar-refractivity contribution in [2.45, 2.75) is 46.5 Å². The summed E-state index contributed by atoms with van der Waals surface area (Å²) < 4.78 is 2.03. The number of phenolic OH excluding ortho intramolecular Hbond substituents is 1. The highest BCUT2D eigenvalue weighted by atomic mass is 16.3. The van der Waals surface area contributed by atoms with Gasteiger partial charge in [-0.25, -0.2) is 4.98 Å². The van der Waals surface area contributed by atoms with Crippen molar-refractivity contribution < 1.29 is 5.11 Å². The summed E-state index contributed by atoms with van der Waals surface area (Å²) >= 11 is 0. The number of unbranched alkanes of at least 4 members (excludes halogenated alkanes) is 2. The van der Waals surface area contributed by atoms with Crippen molar-refractivity contribution in [1.82, 2.24) is 14.3 Å². The predicted octanol–water partition coefficient (Wildman–Crippen LogP) is 4.77. The fourth-order valence-corrected chi connectivity index (χ4v) is 4.44. The van der Waals surface area contributed by atoms with Crippen LogP contribution in [0.25, 0.3) is 27.3 Å². The topological polar surface area (TPSA) is 69.9 Å². The van der Waals surface area contributed by atoms with Gasteiger partial charge in [-0.15, -0.1) is 0 Å². The predicted molar refractivity (Wildman–Crippen MR) is 129 cm³/mol. The van der Waals surface area contributed by atoms with E-state index in [-0.39, 0.29) is 11.2 Å². The Morgan fingerprint density at radius 3 is 2.52 bits per heavy atom. The highest BCUT2D eigenvalue weighted by molar-refractivity contribution is 6.07. The van der Waals surface area contributed by atoms with E-state index in [2.05, 4.69) is 29.0 Å². The van der Waals surface area contributed by atoms with E-state index in [0.29, 0.717) is 10.8 Å². The molecule has 0 radical (unpaired) electrons. The number of nitrogens with one attached hydrogen (secondary N) is 1. The van der Waals surface area contributed by atoms with Crippen LogP contribution in [0.4, 0.5) is 5.69 Å². The van der Waals surface area contributed by atoms with Crippen LogP contribution in [0.1, 0.15) is 45.4 Å². The molecule has 6 heteroatoms. The van der Waals surface area contributed by atoms with Gasteiger partial charge in [-0.2, -0.15) is 0 Å². The zero-order chi connectivity index (χ0) is 22.0. The Morgan fingerprint density at radius 1 is 1.06 bits per heavy atom. The van der Waals surface area contributed by atoms with E-state index >= 15 is 0 Å². The average molecular weight is 421 g/mol. The van der Waals surface area contributed by atoms with Crippen LogP contribution >= 0.6 is 0 Å². The molecule has 0 aliphatic heterocycles. The second kappa shape index (κ2) is 9.10. The van der Waals surface area contributed by atoms with Crippen LogP contribution in [0, 0.1) is 6.92 Å². The fraction of sp³-hybridized carbons (Fsp3) is 0.440. The third-order valence-corrected chi connectivity index (χ3v) is 6.08. The lowest BCUT2D eigenvalue weighted by Gasteiger charge is -2.22. The molecule has 2 aromatic heterocycles. The van der Waals surface area contributed by atoms with E-state index in [0.717, 1.165) is 54.2 Å². The molecule has 6 nitrogen and oxygen atoms in total. The molecule has 2 N–H and O–H groups in total. The van der Waals surface area contributed by atoms with Gasteiger partial charge >= 0.3 is 0 Å². The van der Waals surface area contributed by atoms with Gasteiger partial charge in [0.1, 0.15) is 11.6 Å². The number of aromatic hydroxyl groups is 1. The van der Waals surface area contributed by atoms with E-state index in [1.54, 1.807) is 18.2 Å². The highest BCUT2D eigenvalue weighted by Crippen LogP contribution is 2.30. The van der Waals surface area contributed by atoms with E-state index < -0.39 is 0 Å². The first-order chi connectivity index (χ1) is 15.0. The molecule has 0 amide bonds. The van der Waals surface area contributed by atoms with Gasteiger partial charge in [-0.3, -0.25) is 9.20 Å². The van der Waals surface area contributed by atoms with E-state index in [9.17, 15) is 9.90 Å². The number of imidazole rings is 1. The van der Waals surface area contributed by atoms with E-state index in [4.69, 9.17) is 0 Å². The third kappa shape index (κ3) is 4.04. The lowest BCUT2D eigenvalue weighted by Crippen LogP contribution is -2.31. The zero-order valence-electron chi connectivity index (χ0n) is 18.7. The summed E-state index contributed by atoms with van der Waals surface area (Å²) in [6, 6.07) is 8.91. The molecule has 4 rings (SSSR count). The maximum atomic E-state index is 13.5. The summed E-state index contributed by atoms with van der Waals surface area (Å²) in [6.45, 7) is 10.3. The van der Waals surface area contributed by atoms with Gasteiger partial charge in [0.25, 0.3) is 0 Å². The summed E-state index contributed by atoms with van der Waals surface area (Å²) in [4.78, 5) is 20.6. The number of aromatic nitrogens is 2. The number of nitrogens with zero attached hydrogens (tertiary/aromatic N) is 3. The Hall–Kier alpha value is -2.86. The number of phenols is 1. The number of fused-ring (bicyclic) bond motifs is 2. The van der Waals surface area contributed by atoms with Crippen LogP contribution in [0.2, 0.25) is 0 Å². The molecular formula is C25H32N4O2. The van der Waals surface area contributed by atoms with E-state index in [1.807, 2.05) is 23.5 Å². The maximum absolute atomic E-state index is 13.5. The van der Waals surface area contributed by atoms with Crippen LogP contribution in [-0.2, 0) is 0 Å². The maximum Gasteiger partial charge on any atom is 0.199 e. The zero-order valence-corrected chi connectivity index (χ0v) is 18.7. The molecule has 0 saturated carbocycles. The van der Waals surface area contributed by atoms with Crippen LogP contribution in [0.3, 0.4) is 0 Å². The number of benzene rings is 2. The lowest BCUT2D eigenvalue weighted by molar-refractivity contribution is 0.275. The van der Waals surface area contributed by atoms with Gasteiger partial charge in [-0.1, -0.05) is 26.7 Å². The summed E-state index contributed by atoms with van der Waals surface area (Å²) in [5.41, 5.74) is 3.20. The summed E-state index contributed by atoms with van der Waals surface area (Å²) in [5, 5.41) is 14.7. The van der Waals surface area contributed by atoms with Gasteiger partial charge in [0.2, 0.25) is 0 Å². The lowest BCUT2D eigenvalue weighted by atomic mass is 10.1. The van der Waals surface area contributed by atoms with Crippen molar-refractivity contribution in [1.29, 1.82) is 0 Å². The first-order valence-corrected chi connectivity index (χ1v) is 11.4. The van der Waals surface area contributed by atoms with Crippen molar-refractivity contribution in [2.75, 3.05) is 31.5 Å². The summed E-state index contributed by atoms with van der Waals surface area (Å²) in [6.07, 6.45) is 4.80. The molecule has 0 aliphatic carbocycles. The second-order valence-electron chi connectivity index (χ2n) is 8.36. The van der Waals surface area contributed by atoms with Gasteiger partial charge in [-0.05, 0) is 63.2 Å². The molecule has 0 spiro atoms. The molecule has 0 unspecified atom stereocenters. The molecule has 0 bridgehead atoms. The van der Waals surface area contributed by atoms with Crippen LogP contribution in [-0.4, -0.2) is 45.6 Å². The average Bonchev–Trinajstić information content (AvgIpc) is 3.10. The standard InChI is InChI=1S/C25H32N4O2/c1-4-6-13-28(14-7-5-2)15-12-26-20-9-10-21-24-23(20)25(31)19-16-18(30)8-11-22(19)29(24)17(3)27-21/h8-11,16,26,30H,4-7,12-15H2,1-3H3. The molecule has 31 heavy (non-hydrogen) atoms. The quantitative estimate of drug-likeness (QED) is 0.362. The molecule has 2 aromatic carbocycles. The van der Waals surface area contributed by atoms with E-state index in [1.165, 1.54) is 25.7 Å². The van der Waals surface area contributed by atoms with Gasteiger partial charge in [0.05, 0.1) is 27.3 Å². The monoisotopic (exact) mass is 420 g/mol. The van der Waals surface area contributed by atoms with Crippen molar-refractivity contribution in [3.05, 3.63) is 46.4 Å². The minimum absolute atomic E-state index is 0.0692. The molecular weight excluding hydrogens is 388 g/mol. The van der Waals surface area contributed by atoms with Crippen molar-refractivity contribution in [3.63, 3.8) is 0 Å². The number of pyridine rings is 1. The largest absolute Gasteiger partial charge is 0.508 e.